The zero-order chi connectivity index (χ0) is 19.9. The minimum absolute atomic E-state index is 0.112. The number of carbonyl (C=O) groups excluding carboxylic acids is 1. The van der Waals surface area contributed by atoms with Crippen molar-refractivity contribution in [3.05, 3.63) is 53.6 Å². The second-order valence-corrected chi connectivity index (χ2v) is 7.32. The molecule has 7 heteroatoms. The maximum atomic E-state index is 11.0. The lowest BCUT2D eigenvalue weighted by molar-refractivity contribution is -0.114. The molecule has 1 amide bonds. The fraction of sp³-hybridized carbons (Fsp3) is 0.381. The van der Waals surface area contributed by atoms with E-state index in [1.165, 1.54) is 6.92 Å². The Morgan fingerprint density at radius 2 is 1.82 bits per heavy atom. The van der Waals surface area contributed by atoms with Crippen LogP contribution < -0.4 is 15.0 Å². The molecule has 1 atom stereocenters. The van der Waals surface area contributed by atoms with E-state index in [9.17, 15) is 9.90 Å². The van der Waals surface area contributed by atoms with Crippen LogP contribution in [0.2, 0.25) is 5.02 Å². The predicted octanol–water partition coefficient (Wildman–Crippen LogP) is 2.86. The molecule has 6 nitrogen and oxygen atoms in total. The number of nitrogens with zero attached hydrogens (tertiary/aromatic N) is 2. The van der Waals surface area contributed by atoms with Crippen molar-refractivity contribution < 1.29 is 14.6 Å². The second kappa shape index (κ2) is 9.78. The van der Waals surface area contributed by atoms with Crippen LogP contribution in [-0.2, 0) is 4.79 Å². The lowest BCUT2D eigenvalue weighted by atomic mass is 10.2. The molecule has 2 aromatic rings. The van der Waals surface area contributed by atoms with Crippen molar-refractivity contribution in [3.8, 4) is 5.75 Å². The van der Waals surface area contributed by atoms with Crippen molar-refractivity contribution in [2.45, 2.75) is 13.0 Å². The predicted molar refractivity (Wildman–Crippen MR) is 112 cm³/mol. The number of ether oxygens (including phenoxy) is 1. The summed E-state index contributed by atoms with van der Waals surface area (Å²) >= 11 is 6.28. The second-order valence-electron chi connectivity index (χ2n) is 6.91. The van der Waals surface area contributed by atoms with Gasteiger partial charge in [-0.25, -0.2) is 0 Å². The number of aliphatic hydroxyl groups is 1. The number of anilines is 2. The first kappa shape index (κ1) is 20.5. The van der Waals surface area contributed by atoms with Crippen molar-refractivity contribution in [2.75, 3.05) is 49.5 Å². The van der Waals surface area contributed by atoms with Crippen LogP contribution in [0.15, 0.2) is 48.5 Å². The van der Waals surface area contributed by atoms with Gasteiger partial charge in [0.05, 0.1) is 10.7 Å². The molecule has 0 aromatic heterocycles. The minimum atomic E-state index is -0.568. The number of para-hydroxylation sites is 1. The molecule has 1 aliphatic rings. The highest BCUT2D eigenvalue weighted by Gasteiger charge is 2.20. The third-order valence-corrected chi connectivity index (χ3v) is 4.97. The number of piperazine rings is 1. The summed E-state index contributed by atoms with van der Waals surface area (Å²) < 4.78 is 5.66. The molecule has 0 spiro atoms. The average molecular weight is 404 g/mol. The highest BCUT2D eigenvalue weighted by atomic mass is 35.5. The molecule has 150 valence electrons. The number of nitrogens with one attached hydrogen (secondary N) is 1. The van der Waals surface area contributed by atoms with Gasteiger partial charge in [0, 0.05) is 45.3 Å². The van der Waals surface area contributed by atoms with Gasteiger partial charge in [-0.05, 0) is 36.4 Å². The average Bonchev–Trinajstić information content (AvgIpc) is 2.68. The molecule has 2 aromatic carbocycles. The number of hydrogen-bond donors (Lipinski definition) is 2. The van der Waals surface area contributed by atoms with Gasteiger partial charge in [-0.15, -0.1) is 0 Å². The van der Waals surface area contributed by atoms with Gasteiger partial charge in [-0.2, -0.15) is 0 Å². The van der Waals surface area contributed by atoms with Crippen molar-refractivity contribution in [1.82, 2.24) is 4.90 Å². The van der Waals surface area contributed by atoms with E-state index in [2.05, 4.69) is 15.1 Å². The normalized spacial score (nSPS) is 15.9. The van der Waals surface area contributed by atoms with Crippen LogP contribution in [0, 0.1) is 0 Å². The Balaban J connectivity index is 1.40. The first-order chi connectivity index (χ1) is 13.5. The fourth-order valence-electron chi connectivity index (χ4n) is 3.26. The molecular formula is C21H26ClN3O3. The maximum absolute atomic E-state index is 11.0. The minimum Gasteiger partial charge on any atom is -0.491 e. The zero-order valence-corrected chi connectivity index (χ0v) is 16.7. The van der Waals surface area contributed by atoms with Crippen LogP contribution in [0.25, 0.3) is 0 Å². The summed E-state index contributed by atoms with van der Waals surface area (Å²) in [7, 11) is 0. The van der Waals surface area contributed by atoms with E-state index in [1.807, 2.05) is 24.3 Å². The van der Waals surface area contributed by atoms with Gasteiger partial charge in [0.25, 0.3) is 0 Å². The molecule has 1 fully saturated rings. The van der Waals surface area contributed by atoms with Gasteiger partial charge in [0.1, 0.15) is 18.5 Å². The summed E-state index contributed by atoms with van der Waals surface area (Å²) in [5.74, 6) is 0.551. The number of halogens is 1. The maximum Gasteiger partial charge on any atom is 0.221 e. The number of hydrogen-bond acceptors (Lipinski definition) is 5. The lowest BCUT2D eigenvalue weighted by Crippen LogP contribution is -2.49. The Hall–Kier alpha value is -2.28. The Labute approximate surface area is 170 Å². The zero-order valence-electron chi connectivity index (χ0n) is 16.0. The van der Waals surface area contributed by atoms with Crippen molar-refractivity contribution in [2.24, 2.45) is 0 Å². The standard InChI is InChI=1S/C21H26ClN3O3/c1-16(26)23-17-6-8-19(9-7-17)28-15-18(27)14-24-10-12-25(13-11-24)21-5-3-2-4-20(21)22/h2-9,18,27H,10-15H2,1H3,(H,23,26)/t18-/m1/s1. The summed E-state index contributed by atoms with van der Waals surface area (Å²) in [5.41, 5.74) is 1.78. The van der Waals surface area contributed by atoms with Gasteiger partial charge in [-0.3, -0.25) is 9.69 Å². The van der Waals surface area contributed by atoms with Crippen molar-refractivity contribution in [3.63, 3.8) is 0 Å². The monoisotopic (exact) mass is 403 g/mol. The van der Waals surface area contributed by atoms with Gasteiger partial charge in [-0.1, -0.05) is 23.7 Å². The summed E-state index contributed by atoms with van der Waals surface area (Å²) in [6, 6.07) is 15.0. The third-order valence-electron chi connectivity index (χ3n) is 4.65. The Kier molecular flexibility index (Phi) is 7.14. The Bertz CT molecular complexity index is 777. The number of aliphatic hydroxyl groups excluding tert-OH is 1. The SMILES string of the molecule is CC(=O)Nc1ccc(OC[C@H](O)CN2CCN(c3ccccc3Cl)CC2)cc1. The van der Waals surface area contributed by atoms with Gasteiger partial charge in [0.15, 0.2) is 0 Å². The molecule has 3 rings (SSSR count). The number of benzene rings is 2. The van der Waals surface area contributed by atoms with Crippen LogP contribution in [0.5, 0.6) is 5.75 Å². The van der Waals surface area contributed by atoms with Crippen molar-refractivity contribution in [1.29, 1.82) is 0 Å². The van der Waals surface area contributed by atoms with E-state index in [1.54, 1.807) is 24.3 Å². The van der Waals surface area contributed by atoms with E-state index >= 15 is 0 Å². The Morgan fingerprint density at radius 1 is 1.14 bits per heavy atom. The topological polar surface area (TPSA) is 65.0 Å². The lowest BCUT2D eigenvalue weighted by Gasteiger charge is -2.37. The molecule has 1 aliphatic heterocycles. The highest BCUT2D eigenvalue weighted by Crippen LogP contribution is 2.26. The number of β-amino-alcohol motifs (C(OH)–C–C–N with tert-alkyl or cyclic N) is 1. The molecule has 0 unspecified atom stereocenters. The molecule has 0 saturated carbocycles. The van der Waals surface area contributed by atoms with Crippen LogP contribution in [-0.4, -0.2) is 61.3 Å². The smallest absolute Gasteiger partial charge is 0.221 e. The van der Waals surface area contributed by atoms with Gasteiger partial charge < -0.3 is 20.1 Å². The van der Waals surface area contributed by atoms with E-state index < -0.39 is 6.10 Å². The van der Waals surface area contributed by atoms with Crippen LogP contribution in [0.3, 0.4) is 0 Å². The van der Waals surface area contributed by atoms with Gasteiger partial charge >= 0.3 is 0 Å². The number of rotatable bonds is 7. The first-order valence-corrected chi connectivity index (χ1v) is 9.79. The third kappa shape index (κ3) is 5.86. The van der Waals surface area contributed by atoms with E-state index in [4.69, 9.17) is 16.3 Å². The summed E-state index contributed by atoms with van der Waals surface area (Å²) in [5, 5.41) is 13.8. The highest BCUT2D eigenvalue weighted by molar-refractivity contribution is 6.33. The van der Waals surface area contributed by atoms with E-state index in [-0.39, 0.29) is 12.5 Å². The first-order valence-electron chi connectivity index (χ1n) is 9.41. The number of carbonyl (C=O) groups is 1. The molecule has 0 aliphatic carbocycles. The summed E-state index contributed by atoms with van der Waals surface area (Å²) in [6.07, 6.45) is -0.568. The quantitative estimate of drug-likeness (QED) is 0.744. The van der Waals surface area contributed by atoms with Crippen LogP contribution in [0.1, 0.15) is 6.92 Å². The molecule has 1 saturated heterocycles. The summed E-state index contributed by atoms with van der Waals surface area (Å²) in [4.78, 5) is 15.5. The largest absolute Gasteiger partial charge is 0.491 e. The van der Waals surface area contributed by atoms with Crippen LogP contribution in [0.4, 0.5) is 11.4 Å². The van der Waals surface area contributed by atoms with Gasteiger partial charge in [0.2, 0.25) is 5.91 Å². The molecule has 2 N–H and O–H groups in total. The Morgan fingerprint density at radius 3 is 2.46 bits per heavy atom. The van der Waals surface area contributed by atoms with E-state index in [0.717, 1.165) is 42.6 Å². The molecule has 28 heavy (non-hydrogen) atoms. The fourth-order valence-corrected chi connectivity index (χ4v) is 3.52. The van der Waals surface area contributed by atoms with E-state index in [0.29, 0.717) is 12.3 Å². The van der Waals surface area contributed by atoms with Crippen molar-refractivity contribution >= 4 is 28.9 Å². The van der Waals surface area contributed by atoms with Crippen LogP contribution >= 0.6 is 11.6 Å². The molecular weight excluding hydrogens is 378 g/mol. The molecule has 0 radical (unpaired) electrons. The summed E-state index contributed by atoms with van der Waals surface area (Å²) in [6.45, 7) is 5.75. The molecule has 1 heterocycles. The number of amides is 1. The molecule has 0 bridgehead atoms.